The van der Waals surface area contributed by atoms with Gasteiger partial charge in [0, 0.05) is 19.6 Å². The lowest BCUT2D eigenvalue weighted by molar-refractivity contribution is 0.0954. The SMILES string of the molecule is O=C(NCc1ccc(S(=O)(=O)N2CCCCC2)cc1)c1cnc(-c2cccs2)s1. The Hall–Kier alpha value is -2.07. The van der Waals surface area contributed by atoms with Gasteiger partial charge < -0.3 is 5.32 Å². The lowest BCUT2D eigenvalue weighted by Crippen LogP contribution is -2.35. The predicted octanol–water partition coefficient (Wildman–Crippen LogP) is 3.98. The Morgan fingerprint density at radius 3 is 2.55 bits per heavy atom. The minimum absolute atomic E-state index is 0.185. The fourth-order valence-electron chi connectivity index (χ4n) is 3.20. The van der Waals surface area contributed by atoms with E-state index in [-0.39, 0.29) is 5.91 Å². The maximum Gasteiger partial charge on any atom is 0.263 e. The number of hydrogen-bond acceptors (Lipinski definition) is 6. The molecule has 0 spiro atoms. The first-order valence-electron chi connectivity index (χ1n) is 9.41. The molecule has 3 heterocycles. The Morgan fingerprint density at radius 2 is 1.86 bits per heavy atom. The molecule has 2 aromatic heterocycles. The van der Waals surface area contributed by atoms with Crippen molar-refractivity contribution >= 4 is 38.6 Å². The summed E-state index contributed by atoms with van der Waals surface area (Å²) < 4.78 is 27.0. The summed E-state index contributed by atoms with van der Waals surface area (Å²) in [5.41, 5.74) is 0.846. The maximum atomic E-state index is 12.7. The second-order valence-corrected chi connectivity index (χ2v) is 10.7. The Bertz CT molecular complexity index is 1070. The van der Waals surface area contributed by atoms with Gasteiger partial charge in [0.2, 0.25) is 10.0 Å². The largest absolute Gasteiger partial charge is 0.347 e. The van der Waals surface area contributed by atoms with E-state index in [1.165, 1.54) is 11.3 Å². The first-order valence-corrected chi connectivity index (χ1v) is 12.5. The van der Waals surface area contributed by atoms with E-state index in [9.17, 15) is 13.2 Å². The molecule has 1 amide bonds. The molecule has 4 rings (SSSR count). The molecule has 9 heteroatoms. The highest BCUT2D eigenvalue weighted by Gasteiger charge is 2.25. The topological polar surface area (TPSA) is 79.4 Å². The fourth-order valence-corrected chi connectivity index (χ4v) is 6.35. The van der Waals surface area contributed by atoms with Gasteiger partial charge in [0.25, 0.3) is 5.91 Å². The zero-order valence-corrected chi connectivity index (χ0v) is 18.2. The zero-order valence-electron chi connectivity index (χ0n) is 15.7. The number of rotatable bonds is 6. The molecule has 1 aliphatic rings. The van der Waals surface area contributed by atoms with Crippen LogP contribution in [0.15, 0.2) is 52.9 Å². The van der Waals surface area contributed by atoms with Gasteiger partial charge in [-0.1, -0.05) is 24.6 Å². The number of sulfonamides is 1. The second kappa shape index (κ2) is 8.74. The first-order chi connectivity index (χ1) is 14.0. The van der Waals surface area contributed by atoms with Crippen LogP contribution in [0.3, 0.4) is 0 Å². The summed E-state index contributed by atoms with van der Waals surface area (Å²) in [6.45, 7) is 1.50. The molecule has 0 bridgehead atoms. The summed E-state index contributed by atoms with van der Waals surface area (Å²) in [4.78, 5) is 18.6. The Balaban J connectivity index is 1.37. The number of nitrogens with zero attached hydrogens (tertiary/aromatic N) is 2. The molecule has 29 heavy (non-hydrogen) atoms. The summed E-state index contributed by atoms with van der Waals surface area (Å²) in [7, 11) is -3.43. The molecule has 0 radical (unpaired) electrons. The van der Waals surface area contributed by atoms with Gasteiger partial charge in [-0.25, -0.2) is 13.4 Å². The van der Waals surface area contributed by atoms with Crippen LogP contribution in [-0.2, 0) is 16.6 Å². The molecule has 6 nitrogen and oxygen atoms in total. The molecule has 1 saturated heterocycles. The highest BCUT2D eigenvalue weighted by Crippen LogP contribution is 2.28. The summed E-state index contributed by atoms with van der Waals surface area (Å²) in [6, 6.07) is 10.7. The third kappa shape index (κ3) is 4.58. The number of carbonyl (C=O) groups excluding carboxylic acids is 1. The van der Waals surface area contributed by atoms with Crippen LogP contribution < -0.4 is 5.32 Å². The van der Waals surface area contributed by atoms with Gasteiger partial charge in [0.05, 0.1) is 16.0 Å². The van der Waals surface area contributed by atoms with E-state index in [0.29, 0.717) is 29.4 Å². The normalized spacial score (nSPS) is 15.3. The van der Waals surface area contributed by atoms with Crippen molar-refractivity contribution < 1.29 is 13.2 Å². The van der Waals surface area contributed by atoms with Gasteiger partial charge >= 0.3 is 0 Å². The minimum Gasteiger partial charge on any atom is -0.347 e. The summed E-state index contributed by atoms with van der Waals surface area (Å²) >= 11 is 2.95. The molecule has 0 unspecified atom stereocenters. The van der Waals surface area contributed by atoms with Gasteiger partial charge in [-0.3, -0.25) is 4.79 Å². The molecule has 1 aliphatic heterocycles. The van der Waals surface area contributed by atoms with Crippen molar-refractivity contribution in [1.29, 1.82) is 0 Å². The molecule has 1 aromatic carbocycles. The van der Waals surface area contributed by atoms with Crippen LogP contribution in [0.4, 0.5) is 0 Å². The quantitative estimate of drug-likeness (QED) is 0.620. The first kappa shape index (κ1) is 20.2. The van der Waals surface area contributed by atoms with E-state index >= 15 is 0 Å². The summed E-state index contributed by atoms with van der Waals surface area (Å²) in [5, 5.41) is 5.68. The summed E-state index contributed by atoms with van der Waals surface area (Å²) in [5.74, 6) is -0.185. The van der Waals surface area contributed by atoms with Crippen molar-refractivity contribution in [2.45, 2.75) is 30.7 Å². The molecule has 0 aliphatic carbocycles. The van der Waals surface area contributed by atoms with Crippen LogP contribution in [0.2, 0.25) is 0 Å². The molecule has 3 aromatic rings. The molecule has 1 fully saturated rings. The van der Waals surface area contributed by atoms with Crippen LogP contribution in [0.1, 0.15) is 34.5 Å². The molecular weight excluding hydrogens is 426 g/mol. The monoisotopic (exact) mass is 447 g/mol. The van der Waals surface area contributed by atoms with E-state index < -0.39 is 10.0 Å². The van der Waals surface area contributed by atoms with Gasteiger partial charge in [-0.15, -0.1) is 22.7 Å². The van der Waals surface area contributed by atoms with E-state index in [1.807, 2.05) is 17.5 Å². The molecular formula is C20H21N3O3S3. The lowest BCUT2D eigenvalue weighted by Gasteiger charge is -2.25. The lowest BCUT2D eigenvalue weighted by atomic mass is 10.2. The molecule has 152 valence electrons. The molecule has 1 N–H and O–H groups in total. The number of hydrogen-bond donors (Lipinski definition) is 1. The van der Waals surface area contributed by atoms with Gasteiger partial charge in [-0.2, -0.15) is 4.31 Å². The zero-order chi connectivity index (χ0) is 20.3. The Labute approximate surface area is 178 Å². The minimum atomic E-state index is -3.43. The van der Waals surface area contributed by atoms with Crippen molar-refractivity contribution in [1.82, 2.24) is 14.6 Å². The van der Waals surface area contributed by atoms with Crippen LogP contribution in [0, 0.1) is 0 Å². The fraction of sp³-hybridized carbons (Fsp3) is 0.300. The smallest absolute Gasteiger partial charge is 0.263 e. The van der Waals surface area contributed by atoms with Crippen molar-refractivity contribution in [3.63, 3.8) is 0 Å². The van der Waals surface area contributed by atoms with Crippen LogP contribution in [0.25, 0.3) is 9.88 Å². The molecule has 0 saturated carbocycles. The number of nitrogens with one attached hydrogen (secondary N) is 1. The van der Waals surface area contributed by atoms with Crippen LogP contribution in [-0.4, -0.2) is 36.7 Å². The number of amides is 1. The van der Waals surface area contributed by atoms with E-state index in [4.69, 9.17) is 0 Å². The number of carbonyl (C=O) groups is 1. The Kier molecular flexibility index (Phi) is 6.09. The van der Waals surface area contributed by atoms with Gasteiger partial charge in [-0.05, 0) is 42.0 Å². The number of aromatic nitrogens is 1. The van der Waals surface area contributed by atoms with Crippen molar-refractivity contribution in [3.05, 3.63) is 58.4 Å². The highest BCUT2D eigenvalue weighted by atomic mass is 32.2. The number of thiazole rings is 1. The van der Waals surface area contributed by atoms with E-state index in [1.54, 1.807) is 46.1 Å². The highest BCUT2D eigenvalue weighted by molar-refractivity contribution is 7.89. The predicted molar refractivity (Wildman–Crippen MR) is 116 cm³/mol. The standard InChI is InChI=1S/C20H21N3O3S3/c24-19(18-14-22-20(28-18)17-5-4-12-27-17)21-13-15-6-8-16(9-7-15)29(25,26)23-10-2-1-3-11-23/h4-9,12,14H,1-3,10-11,13H2,(H,21,24). The number of piperidine rings is 1. The van der Waals surface area contributed by atoms with Crippen LogP contribution >= 0.6 is 22.7 Å². The van der Waals surface area contributed by atoms with Crippen molar-refractivity contribution in [2.75, 3.05) is 13.1 Å². The maximum absolute atomic E-state index is 12.7. The van der Waals surface area contributed by atoms with Gasteiger partial charge in [0.1, 0.15) is 9.88 Å². The number of thiophene rings is 1. The van der Waals surface area contributed by atoms with Crippen LogP contribution in [0.5, 0.6) is 0 Å². The Morgan fingerprint density at radius 1 is 1.10 bits per heavy atom. The average Bonchev–Trinajstić information content (AvgIpc) is 3.45. The van der Waals surface area contributed by atoms with Crippen molar-refractivity contribution in [2.24, 2.45) is 0 Å². The average molecular weight is 448 g/mol. The number of benzene rings is 1. The van der Waals surface area contributed by atoms with E-state index in [0.717, 1.165) is 34.7 Å². The van der Waals surface area contributed by atoms with Crippen molar-refractivity contribution in [3.8, 4) is 9.88 Å². The second-order valence-electron chi connectivity index (χ2n) is 6.80. The van der Waals surface area contributed by atoms with E-state index in [2.05, 4.69) is 10.3 Å². The third-order valence-electron chi connectivity index (χ3n) is 4.79. The molecule has 0 atom stereocenters. The van der Waals surface area contributed by atoms with Gasteiger partial charge in [0.15, 0.2) is 0 Å². The summed E-state index contributed by atoms with van der Waals surface area (Å²) in [6.07, 6.45) is 4.49. The third-order valence-corrected chi connectivity index (χ3v) is 8.74.